The van der Waals surface area contributed by atoms with E-state index in [2.05, 4.69) is 15.6 Å². The van der Waals surface area contributed by atoms with Crippen molar-refractivity contribution in [1.29, 1.82) is 0 Å². The van der Waals surface area contributed by atoms with Crippen molar-refractivity contribution in [2.45, 2.75) is 51.2 Å². The monoisotopic (exact) mass is 456 g/mol. The molecule has 4 atom stereocenters. The highest BCUT2D eigenvalue weighted by atomic mass is 16.2. The largest absolute Gasteiger partial charge is 0.361 e. The van der Waals surface area contributed by atoms with E-state index in [1.54, 1.807) is 0 Å². The Hall–Kier alpha value is -3.45. The van der Waals surface area contributed by atoms with Gasteiger partial charge in [-0.25, -0.2) is 0 Å². The van der Waals surface area contributed by atoms with Gasteiger partial charge in [0.1, 0.15) is 5.54 Å². The number of para-hydroxylation sites is 1. The predicted molar refractivity (Wildman–Crippen MR) is 129 cm³/mol. The summed E-state index contributed by atoms with van der Waals surface area (Å²) in [6, 6.07) is 13.4. The molecule has 2 aromatic carbocycles. The lowest BCUT2D eigenvalue weighted by Gasteiger charge is -2.34. The third-order valence-electron chi connectivity index (χ3n) is 7.66. The number of aromatic nitrogens is 1. The molecule has 0 radical (unpaired) electrons. The van der Waals surface area contributed by atoms with Gasteiger partial charge in [0.2, 0.25) is 17.7 Å². The number of H-pyrrole nitrogens is 1. The van der Waals surface area contributed by atoms with Crippen LogP contribution in [0.4, 0.5) is 5.69 Å². The summed E-state index contributed by atoms with van der Waals surface area (Å²) in [6.45, 7) is 7.57. The van der Waals surface area contributed by atoms with Crippen LogP contribution in [0.25, 0.3) is 10.9 Å². The normalized spacial score (nSPS) is 28.2. The van der Waals surface area contributed by atoms with Gasteiger partial charge in [-0.2, -0.15) is 0 Å². The maximum Gasteiger partial charge on any atom is 0.250 e. The number of nitrogens with zero attached hydrogens (tertiary/aromatic N) is 1. The minimum absolute atomic E-state index is 0.203. The van der Waals surface area contributed by atoms with Crippen molar-refractivity contribution in [3.8, 4) is 0 Å². The lowest BCUT2D eigenvalue weighted by atomic mass is 9.76. The molecular weight excluding hydrogens is 428 g/mol. The molecule has 3 aliphatic heterocycles. The number of benzene rings is 2. The van der Waals surface area contributed by atoms with Crippen LogP contribution in [0.2, 0.25) is 0 Å². The van der Waals surface area contributed by atoms with E-state index in [4.69, 9.17) is 0 Å². The van der Waals surface area contributed by atoms with Crippen molar-refractivity contribution in [1.82, 2.24) is 15.2 Å². The lowest BCUT2D eigenvalue weighted by molar-refractivity contribution is -0.147. The molecule has 1 spiro atoms. The zero-order valence-electron chi connectivity index (χ0n) is 19.7. The maximum absolute atomic E-state index is 13.9. The van der Waals surface area contributed by atoms with Crippen molar-refractivity contribution in [2.75, 3.05) is 5.32 Å². The number of imide groups is 1. The molecule has 7 nitrogen and oxygen atoms in total. The van der Waals surface area contributed by atoms with Crippen LogP contribution in [0.3, 0.4) is 0 Å². The molecule has 2 fully saturated rings. The Morgan fingerprint density at radius 1 is 1.03 bits per heavy atom. The van der Waals surface area contributed by atoms with Crippen LogP contribution >= 0.6 is 0 Å². The van der Waals surface area contributed by atoms with Crippen LogP contribution < -0.4 is 10.6 Å². The number of anilines is 1. The molecule has 7 heteroatoms. The van der Waals surface area contributed by atoms with Gasteiger partial charge in [0, 0.05) is 39.9 Å². The molecule has 34 heavy (non-hydrogen) atoms. The van der Waals surface area contributed by atoms with Gasteiger partial charge in [0.05, 0.1) is 11.8 Å². The van der Waals surface area contributed by atoms with Gasteiger partial charge >= 0.3 is 0 Å². The molecule has 0 saturated carbocycles. The van der Waals surface area contributed by atoms with E-state index in [0.29, 0.717) is 12.1 Å². The third kappa shape index (κ3) is 2.64. The first-order valence-corrected chi connectivity index (χ1v) is 11.8. The van der Waals surface area contributed by atoms with Gasteiger partial charge in [-0.1, -0.05) is 35.9 Å². The van der Waals surface area contributed by atoms with E-state index >= 15 is 0 Å². The Balaban J connectivity index is 1.51. The summed E-state index contributed by atoms with van der Waals surface area (Å²) in [5.74, 6) is -2.16. The Kier molecular flexibility index (Phi) is 4.22. The molecule has 3 amide bonds. The number of fused-ring (bicyclic) bond motifs is 5. The SMILES string of the molecule is Cc1ccc2c(c1)C1(NC(Cc3c[nH]c4ccccc34)C3C(=O)N(C(C)(C)C)C(=O)C31)C(=O)N2. The summed E-state index contributed by atoms with van der Waals surface area (Å²) < 4.78 is 0. The predicted octanol–water partition coefficient (Wildman–Crippen LogP) is 3.24. The summed E-state index contributed by atoms with van der Waals surface area (Å²) in [5.41, 5.74) is 2.59. The fourth-order valence-corrected chi connectivity index (χ4v) is 6.29. The topological polar surface area (TPSA) is 94.3 Å². The van der Waals surface area contributed by atoms with E-state index < -0.39 is 22.9 Å². The number of likely N-dealkylation sites (tertiary alicyclic amines) is 1. The Morgan fingerprint density at radius 2 is 1.79 bits per heavy atom. The molecule has 6 rings (SSSR count). The molecule has 4 heterocycles. The maximum atomic E-state index is 13.9. The Morgan fingerprint density at radius 3 is 2.56 bits per heavy atom. The molecule has 4 unspecified atom stereocenters. The Bertz CT molecular complexity index is 1380. The second kappa shape index (κ2) is 6.79. The quantitative estimate of drug-likeness (QED) is 0.516. The zero-order valence-corrected chi connectivity index (χ0v) is 19.7. The molecular formula is C27H28N4O3. The van der Waals surface area contributed by atoms with Crippen molar-refractivity contribution in [2.24, 2.45) is 11.8 Å². The van der Waals surface area contributed by atoms with Crippen LogP contribution in [0.15, 0.2) is 48.7 Å². The molecule has 174 valence electrons. The number of nitrogens with one attached hydrogen (secondary N) is 3. The van der Waals surface area contributed by atoms with Gasteiger partial charge in [-0.3, -0.25) is 24.6 Å². The van der Waals surface area contributed by atoms with E-state index in [9.17, 15) is 14.4 Å². The van der Waals surface area contributed by atoms with E-state index in [1.807, 2.05) is 76.4 Å². The summed E-state index contributed by atoms with van der Waals surface area (Å²) in [4.78, 5) is 46.0. The minimum Gasteiger partial charge on any atom is -0.361 e. The van der Waals surface area contributed by atoms with Crippen LogP contribution in [0.5, 0.6) is 0 Å². The highest BCUT2D eigenvalue weighted by Gasteiger charge is 2.71. The molecule has 2 saturated heterocycles. The average Bonchev–Trinajstić information content (AvgIpc) is 3.47. The second-order valence-electron chi connectivity index (χ2n) is 10.8. The smallest absolute Gasteiger partial charge is 0.250 e. The molecule has 0 aliphatic carbocycles. The number of rotatable bonds is 2. The van der Waals surface area contributed by atoms with Crippen LogP contribution in [-0.4, -0.2) is 39.2 Å². The van der Waals surface area contributed by atoms with Gasteiger partial charge < -0.3 is 10.3 Å². The minimum atomic E-state index is -1.27. The summed E-state index contributed by atoms with van der Waals surface area (Å²) in [5, 5.41) is 7.60. The first-order chi connectivity index (χ1) is 16.1. The van der Waals surface area contributed by atoms with Crippen molar-refractivity contribution >= 4 is 34.3 Å². The third-order valence-corrected chi connectivity index (χ3v) is 7.66. The Labute approximate surface area is 197 Å². The van der Waals surface area contributed by atoms with Crippen LogP contribution in [0.1, 0.15) is 37.5 Å². The number of carbonyl (C=O) groups excluding carboxylic acids is 3. The van der Waals surface area contributed by atoms with Crippen LogP contribution in [-0.2, 0) is 26.3 Å². The summed E-state index contributed by atoms with van der Waals surface area (Å²) in [7, 11) is 0. The van der Waals surface area contributed by atoms with E-state index in [0.717, 1.165) is 27.6 Å². The fraction of sp³-hybridized carbons (Fsp3) is 0.370. The number of hydrogen-bond acceptors (Lipinski definition) is 4. The van der Waals surface area contributed by atoms with Gasteiger partial charge in [0.15, 0.2) is 0 Å². The number of hydrogen-bond donors (Lipinski definition) is 3. The van der Waals surface area contributed by atoms with Crippen molar-refractivity contribution in [3.05, 3.63) is 65.4 Å². The number of carbonyl (C=O) groups is 3. The first kappa shape index (κ1) is 21.1. The zero-order chi connectivity index (χ0) is 24.0. The molecule has 3 aliphatic rings. The van der Waals surface area contributed by atoms with E-state index in [-0.39, 0.29) is 23.8 Å². The number of aromatic amines is 1. The molecule has 0 bridgehead atoms. The average molecular weight is 457 g/mol. The van der Waals surface area contributed by atoms with Gasteiger partial charge in [0.25, 0.3) is 0 Å². The fourth-order valence-electron chi connectivity index (χ4n) is 6.29. The first-order valence-electron chi connectivity index (χ1n) is 11.8. The van der Waals surface area contributed by atoms with Gasteiger partial charge in [-0.05, 0) is 51.8 Å². The highest BCUT2D eigenvalue weighted by Crippen LogP contribution is 2.54. The molecule has 1 aromatic heterocycles. The summed E-state index contributed by atoms with van der Waals surface area (Å²) >= 11 is 0. The number of amides is 3. The van der Waals surface area contributed by atoms with Gasteiger partial charge in [-0.15, -0.1) is 0 Å². The van der Waals surface area contributed by atoms with E-state index in [1.165, 1.54) is 4.90 Å². The van der Waals surface area contributed by atoms with Crippen LogP contribution in [0, 0.1) is 18.8 Å². The molecule has 3 N–H and O–H groups in total. The second-order valence-corrected chi connectivity index (χ2v) is 10.8. The molecule has 3 aromatic rings. The van der Waals surface area contributed by atoms with Crippen molar-refractivity contribution in [3.63, 3.8) is 0 Å². The standard InChI is InChI=1S/C27H28N4O3/c1-14-9-10-19-17(11-14)27(25(34)29-19)22-21(23(32)31(24(22)33)26(2,3)4)20(30-27)12-15-13-28-18-8-6-5-7-16(15)18/h5-11,13,20-22,28,30H,12H2,1-4H3,(H,29,34). The lowest BCUT2D eigenvalue weighted by Crippen LogP contribution is -2.56. The highest BCUT2D eigenvalue weighted by molar-refractivity contribution is 6.15. The summed E-state index contributed by atoms with van der Waals surface area (Å²) in [6.07, 6.45) is 2.49. The van der Waals surface area contributed by atoms with Crippen molar-refractivity contribution < 1.29 is 14.4 Å². The number of aryl methyl sites for hydroxylation is 1.